The predicted octanol–water partition coefficient (Wildman–Crippen LogP) is 3.91. The van der Waals surface area contributed by atoms with Gasteiger partial charge in [-0.15, -0.1) is 6.58 Å². The summed E-state index contributed by atoms with van der Waals surface area (Å²) in [7, 11) is 0. The first-order valence-electron chi connectivity index (χ1n) is 10.0. The number of aliphatic hydroxyl groups is 1. The Morgan fingerprint density at radius 2 is 1.96 bits per heavy atom. The molecule has 26 heavy (non-hydrogen) atoms. The molecule has 3 rings (SSSR count). The minimum atomic E-state index is -0.607. The van der Waals surface area contributed by atoms with E-state index in [4.69, 9.17) is 4.74 Å². The predicted molar refractivity (Wildman–Crippen MR) is 100 cm³/mol. The van der Waals surface area contributed by atoms with Crippen molar-refractivity contribution in [3.8, 4) is 0 Å². The first-order valence-corrected chi connectivity index (χ1v) is 10.0. The molecule has 3 aliphatic rings. The number of rotatable bonds is 2. The molecule has 0 heterocycles. The van der Waals surface area contributed by atoms with E-state index in [9.17, 15) is 14.7 Å². The minimum Gasteiger partial charge on any atom is -0.462 e. The largest absolute Gasteiger partial charge is 0.462 e. The Labute approximate surface area is 157 Å². The Bertz CT molecular complexity index is 628. The minimum absolute atomic E-state index is 0.00653. The monoisotopic (exact) mass is 362 g/mol. The van der Waals surface area contributed by atoms with Gasteiger partial charge in [0.15, 0.2) is 0 Å². The van der Waals surface area contributed by atoms with Crippen molar-refractivity contribution in [1.29, 1.82) is 0 Å². The Balaban J connectivity index is 2.23. The van der Waals surface area contributed by atoms with E-state index in [0.717, 1.165) is 19.3 Å². The number of esters is 1. The van der Waals surface area contributed by atoms with E-state index >= 15 is 0 Å². The van der Waals surface area contributed by atoms with Crippen LogP contribution in [0.2, 0.25) is 0 Å². The highest BCUT2D eigenvalue weighted by molar-refractivity contribution is 5.85. The van der Waals surface area contributed by atoms with E-state index < -0.39 is 23.0 Å². The summed E-state index contributed by atoms with van der Waals surface area (Å²) < 4.78 is 5.87. The van der Waals surface area contributed by atoms with Crippen LogP contribution in [0.15, 0.2) is 12.7 Å². The lowest BCUT2D eigenvalue weighted by molar-refractivity contribution is -0.205. The Morgan fingerprint density at radius 3 is 2.54 bits per heavy atom. The molecule has 0 aromatic rings. The van der Waals surface area contributed by atoms with E-state index in [2.05, 4.69) is 27.4 Å². The molecule has 0 radical (unpaired) electrons. The SMILES string of the molecule is C=C[C@]1(C)C[C@@H](OC(C)=O)[C@]2(C)C(C)CCC3(CCC(=O)[C@H]32)[C@@H](C)[C@@H]1O. The van der Waals surface area contributed by atoms with Gasteiger partial charge in [0, 0.05) is 30.1 Å². The molecule has 1 N–H and O–H groups in total. The van der Waals surface area contributed by atoms with Crippen molar-refractivity contribution in [3.05, 3.63) is 12.7 Å². The Kier molecular flexibility index (Phi) is 4.66. The summed E-state index contributed by atoms with van der Waals surface area (Å²) in [6.07, 6.45) is 4.68. The Morgan fingerprint density at radius 1 is 1.31 bits per heavy atom. The maximum absolute atomic E-state index is 13.1. The number of Topliss-reactive ketones (excluding diaryl/α,β-unsaturated/α-hetero) is 1. The van der Waals surface area contributed by atoms with Gasteiger partial charge < -0.3 is 9.84 Å². The van der Waals surface area contributed by atoms with Gasteiger partial charge in [0.05, 0.1) is 6.10 Å². The van der Waals surface area contributed by atoms with Crippen LogP contribution >= 0.6 is 0 Å². The molecule has 4 nitrogen and oxygen atoms in total. The fraction of sp³-hybridized carbons (Fsp3) is 0.818. The van der Waals surface area contributed by atoms with Crippen molar-refractivity contribution in [1.82, 2.24) is 0 Å². The summed E-state index contributed by atoms with van der Waals surface area (Å²) in [6.45, 7) is 13.9. The molecule has 0 aromatic carbocycles. The van der Waals surface area contributed by atoms with Crippen LogP contribution in [0.5, 0.6) is 0 Å². The number of ketones is 1. The molecule has 0 aromatic heterocycles. The maximum atomic E-state index is 13.1. The lowest BCUT2D eigenvalue weighted by Gasteiger charge is -2.61. The second-order valence-corrected chi connectivity index (χ2v) is 9.68. The van der Waals surface area contributed by atoms with Crippen LogP contribution in [-0.2, 0) is 14.3 Å². The summed E-state index contributed by atoms with van der Waals surface area (Å²) in [5.41, 5.74) is -1.17. The number of aliphatic hydroxyl groups excluding tert-OH is 1. The second kappa shape index (κ2) is 6.19. The maximum Gasteiger partial charge on any atom is 0.302 e. The molecule has 0 amide bonds. The van der Waals surface area contributed by atoms with Crippen LogP contribution in [0.3, 0.4) is 0 Å². The van der Waals surface area contributed by atoms with Crippen LogP contribution in [0.1, 0.15) is 66.7 Å². The van der Waals surface area contributed by atoms with Gasteiger partial charge >= 0.3 is 5.97 Å². The third kappa shape index (κ3) is 2.44. The molecule has 3 fully saturated rings. The molecular formula is C22H34O4. The van der Waals surface area contributed by atoms with Crippen LogP contribution in [0.4, 0.5) is 0 Å². The molecular weight excluding hydrogens is 328 g/mol. The summed E-state index contributed by atoms with van der Waals surface area (Å²) in [5.74, 6) is 0.106. The van der Waals surface area contributed by atoms with Crippen LogP contribution in [0, 0.1) is 34.0 Å². The quantitative estimate of drug-likeness (QED) is 0.597. The molecule has 0 saturated heterocycles. The van der Waals surface area contributed by atoms with Gasteiger partial charge in [0.1, 0.15) is 11.9 Å². The number of hydrogen-bond donors (Lipinski definition) is 1. The normalized spacial score (nSPS) is 51.2. The fourth-order valence-electron chi connectivity index (χ4n) is 6.70. The zero-order valence-electron chi connectivity index (χ0n) is 16.9. The standard InChI is InChI=1S/C22H34O4/c1-7-20(5)12-17(26-15(4)23)21(6)13(2)8-10-22(14(3)19(20)25)11-9-16(24)18(21)22/h7,13-14,17-19,25H,1,8-12H2,2-6H3/t13?,14-,17+,18-,19-,20+,21-,22?/m0/s1. The van der Waals surface area contributed by atoms with Gasteiger partial charge in [0.2, 0.25) is 0 Å². The topological polar surface area (TPSA) is 63.6 Å². The van der Waals surface area contributed by atoms with Crippen molar-refractivity contribution < 1.29 is 19.4 Å². The van der Waals surface area contributed by atoms with Gasteiger partial charge in [-0.1, -0.05) is 33.8 Å². The van der Waals surface area contributed by atoms with Gasteiger partial charge in [0.25, 0.3) is 0 Å². The number of ether oxygens (including phenoxy) is 1. The fourth-order valence-corrected chi connectivity index (χ4v) is 6.70. The highest BCUT2D eigenvalue weighted by Gasteiger charge is 2.68. The number of carbonyl (C=O) groups is 2. The van der Waals surface area contributed by atoms with E-state index in [0.29, 0.717) is 12.8 Å². The molecule has 146 valence electrons. The molecule has 2 unspecified atom stereocenters. The lowest BCUT2D eigenvalue weighted by Crippen LogP contribution is -2.63. The highest BCUT2D eigenvalue weighted by atomic mass is 16.5. The van der Waals surface area contributed by atoms with Crippen molar-refractivity contribution in [2.45, 2.75) is 78.9 Å². The van der Waals surface area contributed by atoms with Crippen molar-refractivity contribution in [2.75, 3.05) is 0 Å². The summed E-state index contributed by atoms with van der Waals surface area (Å²) in [6, 6.07) is 0. The Hall–Kier alpha value is -1.16. The average molecular weight is 363 g/mol. The first kappa shape index (κ1) is 19.6. The van der Waals surface area contributed by atoms with Gasteiger partial charge in [-0.25, -0.2) is 0 Å². The van der Waals surface area contributed by atoms with Crippen molar-refractivity contribution >= 4 is 11.8 Å². The number of hydrogen-bond acceptors (Lipinski definition) is 4. The van der Waals surface area contributed by atoms with Crippen molar-refractivity contribution in [2.24, 2.45) is 34.0 Å². The molecule has 0 aliphatic heterocycles. The molecule has 4 heteroatoms. The van der Waals surface area contributed by atoms with E-state index in [-0.39, 0.29) is 34.9 Å². The molecule has 8 atom stereocenters. The first-order chi connectivity index (χ1) is 12.0. The zero-order chi connectivity index (χ0) is 19.5. The van der Waals surface area contributed by atoms with Gasteiger partial charge in [-0.05, 0) is 42.9 Å². The van der Waals surface area contributed by atoms with E-state index in [1.807, 2.05) is 13.0 Å². The van der Waals surface area contributed by atoms with E-state index in [1.165, 1.54) is 6.92 Å². The smallest absolute Gasteiger partial charge is 0.302 e. The lowest BCUT2D eigenvalue weighted by atomic mass is 9.44. The van der Waals surface area contributed by atoms with Crippen LogP contribution in [-0.4, -0.2) is 29.1 Å². The molecule has 3 saturated carbocycles. The molecule has 3 aliphatic carbocycles. The molecule has 0 spiro atoms. The third-order valence-corrected chi connectivity index (χ3v) is 8.61. The van der Waals surface area contributed by atoms with Crippen LogP contribution < -0.4 is 0 Å². The van der Waals surface area contributed by atoms with E-state index in [1.54, 1.807) is 0 Å². The average Bonchev–Trinajstić information content (AvgIpc) is 2.94. The zero-order valence-corrected chi connectivity index (χ0v) is 16.9. The summed E-state index contributed by atoms with van der Waals surface area (Å²) in [5, 5.41) is 11.3. The van der Waals surface area contributed by atoms with Gasteiger partial charge in [-0.2, -0.15) is 0 Å². The third-order valence-electron chi connectivity index (χ3n) is 8.61. The van der Waals surface area contributed by atoms with Crippen LogP contribution in [0.25, 0.3) is 0 Å². The highest BCUT2D eigenvalue weighted by Crippen LogP contribution is 2.67. The van der Waals surface area contributed by atoms with Crippen molar-refractivity contribution in [3.63, 3.8) is 0 Å². The number of carbonyl (C=O) groups excluding carboxylic acids is 2. The molecule has 2 bridgehead atoms. The summed E-state index contributed by atoms with van der Waals surface area (Å²) in [4.78, 5) is 25.0. The van der Waals surface area contributed by atoms with Gasteiger partial charge in [-0.3, -0.25) is 9.59 Å². The summed E-state index contributed by atoms with van der Waals surface area (Å²) >= 11 is 0. The second-order valence-electron chi connectivity index (χ2n) is 9.68.